The van der Waals surface area contributed by atoms with Gasteiger partial charge >= 0.3 is 0 Å². The van der Waals surface area contributed by atoms with Gasteiger partial charge in [0, 0.05) is 18.0 Å². The quantitative estimate of drug-likeness (QED) is 0.857. The van der Waals surface area contributed by atoms with Crippen molar-refractivity contribution in [2.24, 2.45) is 5.73 Å². The molecule has 0 saturated carbocycles. The molecule has 0 saturated heterocycles. The third-order valence-corrected chi connectivity index (χ3v) is 2.87. The summed E-state index contributed by atoms with van der Waals surface area (Å²) in [7, 11) is 0. The molecule has 100 valence electrons. The molecule has 1 amide bonds. The maximum absolute atomic E-state index is 11.6. The molecule has 0 spiro atoms. The van der Waals surface area contributed by atoms with Crippen LogP contribution in [0, 0.1) is 0 Å². The van der Waals surface area contributed by atoms with Gasteiger partial charge < -0.3 is 15.8 Å². The van der Waals surface area contributed by atoms with Crippen LogP contribution >= 0.6 is 0 Å². The molecule has 0 bridgehead atoms. The van der Waals surface area contributed by atoms with Crippen molar-refractivity contribution in [2.75, 3.05) is 13.2 Å². The van der Waals surface area contributed by atoms with Gasteiger partial charge in [0.1, 0.15) is 5.75 Å². The lowest BCUT2D eigenvalue weighted by Crippen LogP contribution is -2.40. The number of ether oxygens (including phenoxy) is 1. The third kappa shape index (κ3) is 3.45. The van der Waals surface area contributed by atoms with E-state index in [4.69, 9.17) is 10.5 Å². The van der Waals surface area contributed by atoms with Crippen molar-refractivity contribution in [2.45, 2.75) is 13.0 Å². The van der Waals surface area contributed by atoms with Crippen LogP contribution in [-0.4, -0.2) is 25.1 Å². The number of nitrogens with two attached hydrogens (primary N) is 1. The first-order valence-electron chi connectivity index (χ1n) is 6.30. The van der Waals surface area contributed by atoms with Crippen LogP contribution in [0.5, 0.6) is 5.75 Å². The molecule has 0 fully saturated rings. The van der Waals surface area contributed by atoms with Gasteiger partial charge in [-0.3, -0.25) is 4.79 Å². The van der Waals surface area contributed by atoms with Crippen LogP contribution in [0.2, 0.25) is 0 Å². The minimum absolute atomic E-state index is 0.00164. The fraction of sp³-hybridized carbons (Fsp3) is 0.267. The van der Waals surface area contributed by atoms with Crippen molar-refractivity contribution in [3.05, 3.63) is 42.5 Å². The zero-order valence-corrected chi connectivity index (χ0v) is 10.9. The Kier molecular flexibility index (Phi) is 4.36. The molecule has 1 atom stereocenters. The average molecular weight is 258 g/mol. The first-order valence-corrected chi connectivity index (χ1v) is 6.30. The maximum Gasteiger partial charge on any atom is 0.258 e. The second-order valence-corrected chi connectivity index (χ2v) is 4.47. The molecule has 3 N–H and O–H groups in total. The Morgan fingerprint density at radius 3 is 2.79 bits per heavy atom. The highest BCUT2D eigenvalue weighted by molar-refractivity contribution is 5.88. The number of fused-ring (bicyclic) bond motifs is 1. The molecule has 4 nitrogen and oxygen atoms in total. The molecule has 2 aromatic carbocycles. The molecule has 0 aliphatic heterocycles. The smallest absolute Gasteiger partial charge is 0.258 e. The number of hydrogen-bond donors (Lipinski definition) is 2. The normalized spacial score (nSPS) is 12.1. The lowest BCUT2D eigenvalue weighted by atomic mass is 10.1. The molecule has 19 heavy (non-hydrogen) atoms. The number of benzene rings is 2. The molecule has 0 radical (unpaired) electrons. The number of carbonyl (C=O) groups excluding carboxylic acids is 1. The molecular weight excluding hydrogens is 240 g/mol. The molecule has 0 unspecified atom stereocenters. The Hall–Kier alpha value is -2.07. The SMILES string of the molecule is C[C@@H](CN)NC(=O)COc1cccc2ccccc12. The molecule has 0 aliphatic rings. The number of amides is 1. The van der Waals surface area contributed by atoms with E-state index in [0.29, 0.717) is 12.3 Å². The summed E-state index contributed by atoms with van der Waals surface area (Å²) in [5.74, 6) is 0.555. The van der Waals surface area contributed by atoms with Crippen molar-refractivity contribution in [3.8, 4) is 5.75 Å². The van der Waals surface area contributed by atoms with Crippen LogP contribution in [0.4, 0.5) is 0 Å². The Morgan fingerprint density at radius 1 is 1.26 bits per heavy atom. The second-order valence-electron chi connectivity index (χ2n) is 4.47. The fourth-order valence-corrected chi connectivity index (χ4v) is 1.84. The van der Waals surface area contributed by atoms with Crippen molar-refractivity contribution >= 4 is 16.7 Å². The lowest BCUT2D eigenvalue weighted by Gasteiger charge is -2.13. The zero-order chi connectivity index (χ0) is 13.7. The summed E-state index contributed by atoms with van der Waals surface area (Å²) in [6.07, 6.45) is 0. The van der Waals surface area contributed by atoms with E-state index in [1.54, 1.807) is 0 Å². The van der Waals surface area contributed by atoms with Gasteiger partial charge in [-0.05, 0) is 18.4 Å². The number of hydrogen-bond acceptors (Lipinski definition) is 3. The van der Waals surface area contributed by atoms with E-state index in [-0.39, 0.29) is 18.6 Å². The van der Waals surface area contributed by atoms with Crippen molar-refractivity contribution < 1.29 is 9.53 Å². The monoisotopic (exact) mass is 258 g/mol. The summed E-state index contributed by atoms with van der Waals surface area (Å²) in [5.41, 5.74) is 5.45. The van der Waals surface area contributed by atoms with Gasteiger partial charge in [-0.15, -0.1) is 0 Å². The Labute approximate surface area is 112 Å². The first kappa shape index (κ1) is 13.4. The maximum atomic E-state index is 11.6. The van der Waals surface area contributed by atoms with Gasteiger partial charge in [0.05, 0.1) is 0 Å². The highest BCUT2D eigenvalue weighted by atomic mass is 16.5. The highest BCUT2D eigenvalue weighted by Crippen LogP contribution is 2.24. The first-order chi connectivity index (χ1) is 9.20. The van der Waals surface area contributed by atoms with Gasteiger partial charge in [0.2, 0.25) is 0 Å². The summed E-state index contributed by atoms with van der Waals surface area (Å²) in [5, 5.41) is 4.86. The third-order valence-electron chi connectivity index (χ3n) is 2.87. The van der Waals surface area contributed by atoms with Crippen molar-refractivity contribution in [3.63, 3.8) is 0 Å². The standard InChI is InChI=1S/C15H18N2O2/c1-11(9-16)17-15(18)10-19-14-8-4-6-12-5-2-3-7-13(12)14/h2-8,11H,9-10,16H2,1H3,(H,17,18)/t11-/m0/s1. The predicted octanol–water partition coefficient (Wildman–Crippen LogP) is 1.68. The summed E-state index contributed by atoms with van der Waals surface area (Å²) in [4.78, 5) is 11.6. The van der Waals surface area contributed by atoms with Crippen LogP contribution < -0.4 is 15.8 Å². The fourth-order valence-electron chi connectivity index (χ4n) is 1.84. The van der Waals surface area contributed by atoms with E-state index in [9.17, 15) is 4.79 Å². The van der Waals surface area contributed by atoms with Crippen LogP contribution in [0.15, 0.2) is 42.5 Å². The highest BCUT2D eigenvalue weighted by Gasteiger charge is 2.07. The average Bonchev–Trinajstić information content (AvgIpc) is 2.44. The van der Waals surface area contributed by atoms with Gasteiger partial charge in [-0.25, -0.2) is 0 Å². The van der Waals surface area contributed by atoms with Gasteiger partial charge in [0.25, 0.3) is 5.91 Å². The summed E-state index contributed by atoms with van der Waals surface area (Å²) >= 11 is 0. The topological polar surface area (TPSA) is 64.3 Å². The van der Waals surface area contributed by atoms with E-state index in [1.807, 2.05) is 49.4 Å². The number of rotatable bonds is 5. The lowest BCUT2D eigenvalue weighted by molar-refractivity contribution is -0.123. The minimum Gasteiger partial charge on any atom is -0.483 e. The van der Waals surface area contributed by atoms with E-state index in [1.165, 1.54) is 0 Å². The molecule has 0 aliphatic carbocycles. The summed E-state index contributed by atoms with van der Waals surface area (Å²) in [6, 6.07) is 13.7. The summed E-state index contributed by atoms with van der Waals surface area (Å²) < 4.78 is 5.57. The van der Waals surface area contributed by atoms with Crippen LogP contribution in [0.25, 0.3) is 10.8 Å². The molecule has 4 heteroatoms. The van der Waals surface area contributed by atoms with Gasteiger partial charge in [-0.2, -0.15) is 0 Å². The van der Waals surface area contributed by atoms with Crippen LogP contribution in [-0.2, 0) is 4.79 Å². The Bertz CT molecular complexity index is 564. The number of carbonyl (C=O) groups is 1. The number of nitrogens with one attached hydrogen (secondary N) is 1. The zero-order valence-electron chi connectivity index (χ0n) is 10.9. The van der Waals surface area contributed by atoms with E-state index in [2.05, 4.69) is 5.32 Å². The molecule has 0 heterocycles. The van der Waals surface area contributed by atoms with Gasteiger partial charge in [0.15, 0.2) is 6.61 Å². The Morgan fingerprint density at radius 2 is 2.00 bits per heavy atom. The molecule has 2 rings (SSSR count). The van der Waals surface area contributed by atoms with Crippen LogP contribution in [0.1, 0.15) is 6.92 Å². The van der Waals surface area contributed by atoms with Crippen molar-refractivity contribution in [1.82, 2.24) is 5.32 Å². The van der Waals surface area contributed by atoms with Crippen LogP contribution in [0.3, 0.4) is 0 Å². The van der Waals surface area contributed by atoms with E-state index in [0.717, 1.165) is 10.8 Å². The predicted molar refractivity (Wildman–Crippen MR) is 76.1 cm³/mol. The molecule has 0 aromatic heterocycles. The van der Waals surface area contributed by atoms with E-state index < -0.39 is 0 Å². The van der Waals surface area contributed by atoms with Crippen molar-refractivity contribution in [1.29, 1.82) is 0 Å². The van der Waals surface area contributed by atoms with E-state index >= 15 is 0 Å². The molecule has 2 aromatic rings. The van der Waals surface area contributed by atoms with Gasteiger partial charge in [-0.1, -0.05) is 36.4 Å². The largest absolute Gasteiger partial charge is 0.483 e. The minimum atomic E-state index is -0.161. The Balaban J connectivity index is 2.04. The summed E-state index contributed by atoms with van der Waals surface area (Å²) in [6.45, 7) is 2.27. The molecular formula is C15H18N2O2. The second kappa shape index (κ2) is 6.20.